The van der Waals surface area contributed by atoms with Gasteiger partial charge in [-0.15, -0.1) is 0 Å². The van der Waals surface area contributed by atoms with Crippen molar-refractivity contribution in [2.75, 3.05) is 11.9 Å². The van der Waals surface area contributed by atoms with Crippen LogP contribution in [0, 0.1) is 0 Å². The normalized spacial score (nSPS) is 10.1. The van der Waals surface area contributed by atoms with Crippen LogP contribution in [0.2, 0.25) is 5.28 Å². The molecule has 104 valence electrons. The minimum atomic E-state index is -0.351. The quantitative estimate of drug-likeness (QED) is 0.678. The lowest BCUT2D eigenvalue weighted by molar-refractivity contribution is 0.0527. The number of anilines is 1. The van der Waals surface area contributed by atoms with Crippen LogP contribution in [-0.4, -0.2) is 22.5 Å². The molecule has 1 N–H and O–H groups in total. The zero-order valence-corrected chi connectivity index (χ0v) is 11.7. The first-order valence-corrected chi connectivity index (χ1v) is 6.56. The smallest absolute Gasteiger partial charge is 0.340 e. The monoisotopic (exact) mass is 291 g/mol. The topological polar surface area (TPSA) is 64.1 Å². The highest BCUT2D eigenvalue weighted by atomic mass is 35.5. The molecule has 0 unspecified atom stereocenters. The second kappa shape index (κ2) is 6.86. The molecule has 1 aromatic heterocycles. The Kier molecular flexibility index (Phi) is 4.90. The van der Waals surface area contributed by atoms with E-state index in [1.54, 1.807) is 31.3 Å². The Morgan fingerprint density at radius 2 is 2.15 bits per heavy atom. The molecule has 6 heteroatoms. The van der Waals surface area contributed by atoms with E-state index in [-0.39, 0.29) is 11.3 Å². The van der Waals surface area contributed by atoms with Gasteiger partial charge in [0.05, 0.1) is 24.4 Å². The first-order chi connectivity index (χ1) is 9.70. The van der Waals surface area contributed by atoms with Crippen LogP contribution >= 0.6 is 11.6 Å². The maximum absolute atomic E-state index is 11.8. The van der Waals surface area contributed by atoms with Gasteiger partial charge < -0.3 is 10.1 Å². The van der Waals surface area contributed by atoms with Crippen molar-refractivity contribution in [1.82, 2.24) is 9.97 Å². The maximum Gasteiger partial charge on any atom is 0.340 e. The number of halogens is 1. The molecule has 2 aromatic rings. The van der Waals surface area contributed by atoms with Crippen LogP contribution in [0.1, 0.15) is 23.0 Å². The number of benzene rings is 1. The van der Waals surface area contributed by atoms with Gasteiger partial charge in [0.15, 0.2) is 0 Å². The summed E-state index contributed by atoms with van der Waals surface area (Å²) < 4.78 is 5.01. The molecule has 1 aromatic carbocycles. The second-order valence-corrected chi connectivity index (χ2v) is 4.27. The number of para-hydroxylation sites is 1. The van der Waals surface area contributed by atoms with Gasteiger partial charge in [0.1, 0.15) is 0 Å². The number of carbonyl (C=O) groups is 1. The molecule has 0 spiro atoms. The molecular formula is C14H14ClN3O2. The first-order valence-electron chi connectivity index (χ1n) is 6.18. The Balaban J connectivity index is 2.11. The molecule has 0 aliphatic carbocycles. The molecule has 0 saturated carbocycles. The van der Waals surface area contributed by atoms with Crippen LogP contribution in [0.15, 0.2) is 36.5 Å². The van der Waals surface area contributed by atoms with Gasteiger partial charge in [-0.05, 0) is 36.7 Å². The van der Waals surface area contributed by atoms with Crippen molar-refractivity contribution in [3.8, 4) is 0 Å². The summed E-state index contributed by atoms with van der Waals surface area (Å²) in [6, 6.07) is 8.92. The molecule has 0 fully saturated rings. The number of carbonyl (C=O) groups excluding carboxylic acids is 1. The van der Waals surface area contributed by atoms with Crippen molar-refractivity contribution in [2.24, 2.45) is 0 Å². The third-order valence-electron chi connectivity index (χ3n) is 2.57. The van der Waals surface area contributed by atoms with E-state index in [9.17, 15) is 4.79 Å². The van der Waals surface area contributed by atoms with E-state index in [0.29, 0.717) is 24.4 Å². The summed E-state index contributed by atoms with van der Waals surface area (Å²) in [6.45, 7) is 2.56. The lowest BCUT2D eigenvalue weighted by Crippen LogP contribution is -2.10. The lowest BCUT2D eigenvalue weighted by atomic mass is 10.2. The Morgan fingerprint density at radius 1 is 1.35 bits per heavy atom. The van der Waals surface area contributed by atoms with Crippen molar-refractivity contribution in [3.63, 3.8) is 0 Å². The summed E-state index contributed by atoms with van der Waals surface area (Å²) in [5.41, 5.74) is 1.93. The molecular weight excluding hydrogens is 278 g/mol. The van der Waals surface area contributed by atoms with Crippen molar-refractivity contribution in [2.45, 2.75) is 13.5 Å². The molecule has 0 aliphatic heterocycles. The second-order valence-electron chi connectivity index (χ2n) is 3.94. The van der Waals surface area contributed by atoms with Crippen LogP contribution in [0.25, 0.3) is 0 Å². The average molecular weight is 292 g/mol. The predicted molar refractivity (Wildman–Crippen MR) is 76.8 cm³/mol. The Bertz CT molecular complexity index is 604. The Hall–Kier alpha value is -2.14. The Morgan fingerprint density at radius 3 is 2.90 bits per heavy atom. The minimum absolute atomic E-state index is 0.197. The summed E-state index contributed by atoms with van der Waals surface area (Å²) in [4.78, 5) is 19.7. The number of nitrogens with zero attached hydrogens (tertiary/aromatic N) is 2. The predicted octanol–water partition coefficient (Wildman–Crippen LogP) is 2.92. The summed E-state index contributed by atoms with van der Waals surface area (Å²) in [5, 5.41) is 3.34. The van der Waals surface area contributed by atoms with E-state index in [4.69, 9.17) is 16.3 Å². The van der Waals surface area contributed by atoms with E-state index in [1.165, 1.54) is 0 Å². The summed E-state index contributed by atoms with van der Waals surface area (Å²) in [5.74, 6) is -0.351. The fraction of sp³-hybridized carbons (Fsp3) is 0.214. The first kappa shape index (κ1) is 14.3. The van der Waals surface area contributed by atoms with E-state index < -0.39 is 0 Å². The molecule has 2 rings (SSSR count). The number of ether oxygens (including phenoxy) is 1. The van der Waals surface area contributed by atoms with Gasteiger partial charge in [-0.1, -0.05) is 12.1 Å². The highest BCUT2D eigenvalue weighted by Gasteiger charge is 2.11. The zero-order chi connectivity index (χ0) is 14.4. The summed E-state index contributed by atoms with van der Waals surface area (Å²) in [6.07, 6.45) is 1.59. The molecule has 1 heterocycles. The van der Waals surface area contributed by atoms with E-state index in [2.05, 4.69) is 15.3 Å². The van der Waals surface area contributed by atoms with Crippen LogP contribution in [-0.2, 0) is 11.3 Å². The molecule has 5 nitrogen and oxygen atoms in total. The van der Waals surface area contributed by atoms with Crippen LogP contribution in [0.5, 0.6) is 0 Å². The van der Waals surface area contributed by atoms with Gasteiger partial charge in [-0.2, -0.15) is 0 Å². The largest absolute Gasteiger partial charge is 0.462 e. The number of aromatic nitrogens is 2. The molecule has 0 saturated heterocycles. The number of esters is 1. The average Bonchev–Trinajstić information content (AvgIpc) is 2.46. The molecule has 0 atom stereocenters. The number of hydrogen-bond donors (Lipinski definition) is 1. The van der Waals surface area contributed by atoms with Gasteiger partial charge in [-0.3, -0.25) is 0 Å². The highest BCUT2D eigenvalue weighted by molar-refractivity contribution is 6.28. The van der Waals surface area contributed by atoms with E-state index in [1.807, 2.05) is 12.1 Å². The van der Waals surface area contributed by atoms with Crippen molar-refractivity contribution in [3.05, 3.63) is 53.1 Å². The van der Waals surface area contributed by atoms with Crippen LogP contribution in [0.3, 0.4) is 0 Å². The van der Waals surface area contributed by atoms with Gasteiger partial charge in [0.2, 0.25) is 5.28 Å². The zero-order valence-electron chi connectivity index (χ0n) is 11.0. The van der Waals surface area contributed by atoms with Gasteiger partial charge in [0.25, 0.3) is 0 Å². The SMILES string of the molecule is CCOC(=O)c1ccccc1NCc1ccnc(Cl)n1. The summed E-state index contributed by atoms with van der Waals surface area (Å²) in [7, 11) is 0. The van der Waals surface area contributed by atoms with Crippen molar-refractivity contribution >= 4 is 23.3 Å². The summed E-state index contributed by atoms with van der Waals surface area (Å²) >= 11 is 5.73. The number of rotatable bonds is 5. The lowest BCUT2D eigenvalue weighted by Gasteiger charge is -2.10. The molecule has 20 heavy (non-hydrogen) atoms. The molecule has 0 aliphatic rings. The van der Waals surface area contributed by atoms with E-state index in [0.717, 1.165) is 5.69 Å². The number of nitrogens with one attached hydrogen (secondary N) is 1. The molecule has 0 amide bonds. The van der Waals surface area contributed by atoms with Crippen molar-refractivity contribution in [1.29, 1.82) is 0 Å². The standard InChI is InChI=1S/C14H14ClN3O2/c1-2-20-13(19)11-5-3-4-6-12(11)17-9-10-7-8-16-14(15)18-10/h3-8,17H,2,9H2,1H3. The highest BCUT2D eigenvalue weighted by Crippen LogP contribution is 2.17. The molecule has 0 bridgehead atoms. The maximum atomic E-state index is 11.8. The van der Waals surface area contributed by atoms with Crippen LogP contribution in [0.4, 0.5) is 5.69 Å². The fourth-order valence-electron chi connectivity index (χ4n) is 1.68. The van der Waals surface area contributed by atoms with Gasteiger partial charge in [-0.25, -0.2) is 14.8 Å². The van der Waals surface area contributed by atoms with Gasteiger partial charge in [0, 0.05) is 11.9 Å². The van der Waals surface area contributed by atoms with E-state index >= 15 is 0 Å². The molecule has 0 radical (unpaired) electrons. The third-order valence-corrected chi connectivity index (χ3v) is 2.75. The third kappa shape index (κ3) is 3.68. The number of hydrogen-bond acceptors (Lipinski definition) is 5. The van der Waals surface area contributed by atoms with Crippen molar-refractivity contribution < 1.29 is 9.53 Å². The Labute approximate surface area is 122 Å². The minimum Gasteiger partial charge on any atom is -0.462 e. The fourth-order valence-corrected chi connectivity index (χ4v) is 1.84. The van der Waals surface area contributed by atoms with Crippen LogP contribution < -0.4 is 5.32 Å². The van der Waals surface area contributed by atoms with Gasteiger partial charge >= 0.3 is 5.97 Å².